The summed E-state index contributed by atoms with van der Waals surface area (Å²) in [6.45, 7) is -0.556. The Morgan fingerprint density at radius 1 is 1.33 bits per heavy atom. The number of hydrogen-bond donors (Lipinski definition) is 1. The zero-order chi connectivity index (χ0) is 17.7. The van der Waals surface area contributed by atoms with Crippen LogP contribution in [0.25, 0.3) is 0 Å². The van der Waals surface area contributed by atoms with Crippen molar-refractivity contribution in [3.05, 3.63) is 40.9 Å². The monoisotopic (exact) mass is 361 g/mol. The van der Waals surface area contributed by atoms with Gasteiger partial charge >= 0.3 is 12.1 Å². The number of allylic oxidation sites excluding steroid dienone is 2. The second-order valence-electron chi connectivity index (χ2n) is 5.37. The lowest BCUT2D eigenvalue weighted by atomic mass is 10.1. The summed E-state index contributed by atoms with van der Waals surface area (Å²) < 4.78 is 43.1. The van der Waals surface area contributed by atoms with Crippen LogP contribution in [0.5, 0.6) is 0 Å². The summed E-state index contributed by atoms with van der Waals surface area (Å²) in [6, 6.07) is 3.00. The van der Waals surface area contributed by atoms with E-state index in [0.717, 1.165) is 25.0 Å². The highest BCUT2D eigenvalue weighted by molar-refractivity contribution is 6.31. The SMILES string of the molecule is O=C(COC(=O)C[C@H]1C=CCC1)Nc1ccc(Cl)c(C(F)(F)F)c1. The average molecular weight is 362 g/mol. The number of rotatable bonds is 5. The van der Waals surface area contributed by atoms with Crippen LogP contribution in [-0.2, 0) is 20.5 Å². The first-order valence-corrected chi connectivity index (χ1v) is 7.62. The molecule has 0 heterocycles. The van der Waals surface area contributed by atoms with E-state index in [2.05, 4.69) is 5.32 Å². The number of halogens is 4. The van der Waals surface area contributed by atoms with Gasteiger partial charge in [0, 0.05) is 5.69 Å². The van der Waals surface area contributed by atoms with Gasteiger partial charge in [-0.05, 0) is 37.0 Å². The fourth-order valence-electron chi connectivity index (χ4n) is 2.30. The maximum Gasteiger partial charge on any atom is 0.417 e. The predicted molar refractivity (Wildman–Crippen MR) is 82.5 cm³/mol. The summed E-state index contributed by atoms with van der Waals surface area (Å²) >= 11 is 5.49. The van der Waals surface area contributed by atoms with Crippen molar-refractivity contribution in [1.29, 1.82) is 0 Å². The van der Waals surface area contributed by atoms with Crippen LogP contribution in [0.4, 0.5) is 18.9 Å². The molecule has 1 aromatic carbocycles. The number of alkyl halides is 3. The van der Waals surface area contributed by atoms with Crippen LogP contribution in [0, 0.1) is 5.92 Å². The van der Waals surface area contributed by atoms with Gasteiger partial charge in [-0.15, -0.1) is 0 Å². The van der Waals surface area contributed by atoms with Crippen LogP contribution in [-0.4, -0.2) is 18.5 Å². The Kier molecular flexibility index (Phi) is 5.88. The van der Waals surface area contributed by atoms with Gasteiger partial charge in [0.1, 0.15) is 0 Å². The second-order valence-corrected chi connectivity index (χ2v) is 5.78. The Balaban J connectivity index is 1.86. The van der Waals surface area contributed by atoms with Crippen molar-refractivity contribution < 1.29 is 27.5 Å². The first-order chi connectivity index (χ1) is 11.3. The number of amides is 1. The van der Waals surface area contributed by atoms with Crippen molar-refractivity contribution in [3.63, 3.8) is 0 Å². The lowest BCUT2D eigenvalue weighted by Crippen LogP contribution is -2.22. The molecule has 2 rings (SSSR count). The largest absolute Gasteiger partial charge is 0.456 e. The molecule has 0 aromatic heterocycles. The second kappa shape index (κ2) is 7.70. The van der Waals surface area contributed by atoms with Crippen LogP contribution in [0.2, 0.25) is 5.02 Å². The normalized spacial score (nSPS) is 16.9. The quantitative estimate of drug-likeness (QED) is 0.631. The Bertz CT molecular complexity index is 658. The first-order valence-electron chi connectivity index (χ1n) is 7.24. The van der Waals surface area contributed by atoms with E-state index in [1.165, 1.54) is 6.07 Å². The molecule has 0 saturated heterocycles. The van der Waals surface area contributed by atoms with Gasteiger partial charge in [0.25, 0.3) is 5.91 Å². The molecule has 4 nitrogen and oxygen atoms in total. The summed E-state index contributed by atoms with van der Waals surface area (Å²) in [7, 11) is 0. The highest BCUT2D eigenvalue weighted by Gasteiger charge is 2.33. The predicted octanol–water partition coefficient (Wildman–Crippen LogP) is 4.20. The molecule has 0 bridgehead atoms. The molecule has 1 aromatic rings. The van der Waals surface area contributed by atoms with Gasteiger partial charge in [-0.1, -0.05) is 23.8 Å². The van der Waals surface area contributed by atoms with Gasteiger partial charge in [-0.2, -0.15) is 13.2 Å². The van der Waals surface area contributed by atoms with E-state index in [-0.39, 0.29) is 18.0 Å². The smallest absolute Gasteiger partial charge is 0.417 e. The molecular formula is C16H15ClF3NO3. The molecule has 0 spiro atoms. The Hall–Kier alpha value is -2.02. The van der Waals surface area contributed by atoms with Gasteiger partial charge in [-0.3, -0.25) is 9.59 Å². The minimum absolute atomic E-state index is 0.0773. The van der Waals surface area contributed by atoms with Crippen LogP contribution < -0.4 is 5.32 Å². The van der Waals surface area contributed by atoms with E-state index < -0.39 is 35.2 Å². The Labute approximate surface area is 141 Å². The van der Waals surface area contributed by atoms with Crippen LogP contribution in [0.1, 0.15) is 24.8 Å². The average Bonchev–Trinajstić information content (AvgIpc) is 2.99. The lowest BCUT2D eigenvalue weighted by Gasteiger charge is -2.12. The maximum atomic E-state index is 12.7. The third kappa shape index (κ3) is 5.26. The minimum atomic E-state index is -4.63. The molecule has 1 aliphatic rings. The first kappa shape index (κ1) is 18.3. The van der Waals surface area contributed by atoms with E-state index in [0.29, 0.717) is 0 Å². The van der Waals surface area contributed by atoms with Crippen LogP contribution in [0.15, 0.2) is 30.4 Å². The molecular weight excluding hydrogens is 347 g/mol. The number of hydrogen-bond acceptors (Lipinski definition) is 3. The van der Waals surface area contributed by atoms with Crippen molar-refractivity contribution in [2.45, 2.75) is 25.4 Å². The van der Waals surface area contributed by atoms with E-state index in [1.54, 1.807) is 0 Å². The summed E-state index contributed by atoms with van der Waals surface area (Å²) in [6.07, 6.45) is 1.24. The molecule has 1 amide bonds. The summed E-state index contributed by atoms with van der Waals surface area (Å²) in [5.41, 5.74) is -1.13. The molecule has 1 aliphatic carbocycles. The zero-order valence-electron chi connectivity index (χ0n) is 12.5. The standard InChI is InChI=1S/C16H15ClF3NO3/c17-13-6-5-11(8-12(13)16(18,19)20)21-14(22)9-24-15(23)7-10-3-1-2-4-10/h1,3,5-6,8,10H,2,4,7,9H2,(H,21,22)/t10-/m0/s1. The summed E-state index contributed by atoms with van der Waals surface area (Å²) in [4.78, 5) is 23.3. The van der Waals surface area contributed by atoms with Gasteiger partial charge in [0.15, 0.2) is 6.61 Å². The van der Waals surface area contributed by atoms with Gasteiger partial charge in [-0.25, -0.2) is 0 Å². The summed E-state index contributed by atoms with van der Waals surface area (Å²) in [5.74, 6) is -1.12. The fraction of sp³-hybridized carbons (Fsp3) is 0.375. The molecule has 0 saturated carbocycles. The number of nitrogens with one attached hydrogen (secondary N) is 1. The minimum Gasteiger partial charge on any atom is -0.456 e. The molecule has 1 atom stereocenters. The van der Waals surface area contributed by atoms with Gasteiger partial charge in [0.2, 0.25) is 0 Å². The van der Waals surface area contributed by atoms with Crippen LogP contribution in [0.3, 0.4) is 0 Å². The maximum absolute atomic E-state index is 12.7. The molecule has 130 valence electrons. The van der Waals surface area contributed by atoms with Crippen molar-refractivity contribution >= 4 is 29.2 Å². The molecule has 24 heavy (non-hydrogen) atoms. The molecule has 0 unspecified atom stereocenters. The number of carbonyl (C=O) groups is 2. The molecule has 0 aliphatic heterocycles. The zero-order valence-corrected chi connectivity index (χ0v) is 13.3. The van der Waals surface area contributed by atoms with E-state index in [4.69, 9.17) is 16.3 Å². The van der Waals surface area contributed by atoms with Crippen molar-refractivity contribution in [1.82, 2.24) is 0 Å². The van der Waals surface area contributed by atoms with E-state index in [9.17, 15) is 22.8 Å². The lowest BCUT2D eigenvalue weighted by molar-refractivity contribution is -0.147. The Morgan fingerprint density at radius 2 is 2.08 bits per heavy atom. The third-order valence-corrected chi connectivity index (χ3v) is 3.79. The third-order valence-electron chi connectivity index (χ3n) is 3.46. The number of carbonyl (C=O) groups excluding carboxylic acids is 2. The van der Waals surface area contributed by atoms with E-state index in [1.807, 2.05) is 12.2 Å². The molecule has 8 heteroatoms. The molecule has 1 N–H and O–H groups in total. The van der Waals surface area contributed by atoms with Crippen molar-refractivity contribution in [3.8, 4) is 0 Å². The van der Waals surface area contributed by atoms with Gasteiger partial charge < -0.3 is 10.1 Å². The topological polar surface area (TPSA) is 55.4 Å². The number of anilines is 1. The number of benzene rings is 1. The number of ether oxygens (including phenoxy) is 1. The van der Waals surface area contributed by atoms with E-state index >= 15 is 0 Å². The number of esters is 1. The van der Waals surface area contributed by atoms with Crippen molar-refractivity contribution in [2.24, 2.45) is 5.92 Å². The summed E-state index contributed by atoms with van der Waals surface area (Å²) in [5, 5.41) is 1.78. The van der Waals surface area contributed by atoms with Crippen LogP contribution >= 0.6 is 11.6 Å². The Morgan fingerprint density at radius 3 is 2.71 bits per heavy atom. The molecule has 0 radical (unpaired) electrons. The molecule has 0 fully saturated rings. The highest BCUT2D eigenvalue weighted by Crippen LogP contribution is 2.36. The van der Waals surface area contributed by atoms with Crippen molar-refractivity contribution in [2.75, 3.05) is 11.9 Å². The fourth-order valence-corrected chi connectivity index (χ4v) is 2.53. The van der Waals surface area contributed by atoms with Gasteiger partial charge in [0.05, 0.1) is 17.0 Å². The highest BCUT2D eigenvalue weighted by atomic mass is 35.5.